The molecule has 0 spiro atoms. The zero-order valence-corrected chi connectivity index (χ0v) is 16.2. The molecule has 0 aliphatic heterocycles. The second-order valence-corrected chi connectivity index (χ2v) is 6.60. The Hall–Kier alpha value is -3.35. The monoisotopic (exact) mass is 379 g/mol. The Bertz CT molecular complexity index is 980. The second-order valence-electron chi connectivity index (χ2n) is 6.60. The van der Waals surface area contributed by atoms with Gasteiger partial charge in [-0.2, -0.15) is 0 Å². The Balaban J connectivity index is 1.77. The van der Waals surface area contributed by atoms with Crippen molar-refractivity contribution in [2.45, 2.75) is 33.2 Å². The van der Waals surface area contributed by atoms with E-state index >= 15 is 0 Å². The van der Waals surface area contributed by atoms with Gasteiger partial charge in [0.1, 0.15) is 6.54 Å². The Morgan fingerprint density at radius 1 is 1.04 bits per heavy atom. The molecule has 0 bridgehead atoms. The maximum atomic E-state index is 12.7. The largest absolute Gasteiger partial charge is 0.356 e. The zero-order valence-electron chi connectivity index (χ0n) is 16.2. The third-order valence-corrected chi connectivity index (χ3v) is 4.24. The van der Waals surface area contributed by atoms with Crippen molar-refractivity contribution in [1.82, 2.24) is 9.55 Å². The number of nitrogens with one attached hydrogen (secondary N) is 3. The van der Waals surface area contributed by atoms with Crippen LogP contribution in [0.5, 0.6) is 0 Å². The van der Waals surface area contributed by atoms with E-state index in [2.05, 4.69) is 27.9 Å². The first-order chi connectivity index (χ1) is 13.6. The second kappa shape index (κ2) is 9.03. The van der Waals surface area contributed by atoms with Crippen molar-refractivity contribution in [1.29, 1.82) is 0 Å². The molecule has 1 heterocycles. The minimum atomic E-state index is -0.165. The van der Waals surface area contributed by atoms with Crippen LogP contribution in [0.15, 0.2) is 48.5 Å². The fourth-order valence-electron chi connectivity index (χ4n) is 2.97. The van der Waals surface area contributed by atoms with Gasteiger partial charge >= 0.3 is 0 Å². The quantitative estimate of drug-likeness (QED) is 0.519. The van der Waals surface area contributed by atoms with E-state index in [1.807, 2.05) is 28.8 Å². The topological polar surface area (TPSA) is 88.1 Å². The number of hydrogen-bond acceptors (Lipinski definition) is 4. The van der Waals surface area contributed by atoms with Gasteiger partial charge in [0.25, 0.3) is 0 Å². The fourth-order valence-corrected chi connectivity index (χ4v) is 2.97. The van der Waals surface area contributed by atoms with Crippen LogP contribution in [0.3, 0.4) is 0 Å². The molecule has 3 N–H and O–H groups in total. The average molecular weight is 379 g/mol. The summed E-state index contributed by atoms with van der Waals surface area (Å²) in [6, 6.07) is 14.8. The number of rotatable bonds is 8. The van der Waals surface area contributed by atoms with Crippen LogP contribution in [-0.4, -0.2) is 27.9 Å². The van der Waals surface area contributed by atoms with Crippen molar-refractivity contribution < 1.29 is 9.59 Å². The van der Waals surface area contributed by atoms with Crippen molar-refractivity contribution in [3.05, 3.63) is 48.5 Å². The molecule has 0 aliphatic carbocycles. The SMILES string of the molecule is CCCCNc1nc2ccccc2n1CC(=O)Nc1cccc(NC(C)=O)c1. The predicted molar refractivity (Wildman–Crippen MR) is 113 cm³/mol. The molecule has 146 valence electrons. The van der Waals surface area contributed by atoms with E-state index in [0.717, 1.165) is 30.4 Å². The number of aromatic nitrogens is 2. The van der Waals surface area contributed by atoms with Crippen LogP contribution in [0.2, 0.25) is 0 Å². The summed E-state index contributed by atoms with van der Waals surface area (Å²) in [5.41, 5.74) is 3.02. The molecule has 7 nitrogen and oxygen atoms in total. The Morgan fingerprint density at radius 3 is 2.54 bits per heavy atom. The molecular formula is C21H25N5O2. The summed E-state index contributed by atoms with van der Waals surface area (Å²) >= 11 is 0. The number of carbonyl (C=O) groups is 2. The number of anilines is 3. The van der Waals surface area contributed by atoms with Crippen LogP contribution in [0.1, 0.15) is 26.7 Å². The number of nitrogens with zero attached hydrogens (tertiary/aromatic N) is 2. The van der Waals surface area contributed by atoms with E-state index in [4.69, 9.17) is 0 Å². The zero-order chi connectivity index (χ0) is 19.9. The first-order valence-electron chi connectivity index (χ1n) is 9.43. The lowest BCUT2D eigenvalue weighted by Gasteiger charge is -2.12. The van der Waals surface area contributed by atoms with Gasteiger partial charge in [-0.1, -0.05) is 31.5 Å². The maximum absolute atomic E-state index is 12.7. The first-order valence-corrected chi connectivity index (χ1v) is 9.43. The molecule has 7 heteroatoms. The number of amides is 2. The maximum Gasteiger partial charge on any atom is 0.244 e. The third kappa shape index (κ3) is 4.88. The summed E-state index contributed by atoms with van der Waals surface area (Å²) in [4.78, 5) is 28.5. The summed E-state index contributed by atoms with van der Waals surface area (Å²) in [5.74, 6) is 0.370. The van der Waals surface area contributed by atoms with Gasteiger partial charge in [0.15, 0.2) is 0 Å². The molecule has 1 aromatic heterocycles. The van der Waals surface area contributed by atoms with Crippen LogP contribution in [0.25, 0.3) is 11.0 Å². The van der Waals surface area contributed by atoms with E-state index in [1.54, 1.807) is 24.3 Å². The van der Waals surface area contributed by atoms with E-state index in [-0.39, 0.29) is 18.4 Å². The van der Waals surface area contributed by atoms with Crippen LogP contribution >= 0.6 is 0 Å². The minimum Gasteiger partial charge on any atom is -0.356 e. The number of hydrogen-bond donors (Lipinski definition) is 3. The van der Waals surface area contributed by atoms with E-state index in [1.165, 1.54) is 6.92 Å². The van der Waals surface area contributed by atoms with Crippen LogP contribution < -0.4 is 16.0 Å². The molecule has 3 aromatic rings. The summed E-state index contributed by atoms with van der Waals surface area (Å²) in [6.07, 6.45) is 2.11. The molecule has 0 fully saturated rings. The number of carbonyl (C=O) groups excluding carboxylic acids is 2. The lowest BCUT2D eigenvalue weighted by Crippen LogP contribution is -2.20. The molecule has 0 unspecified atom stereocenters. The normalized spacial score (nSPS) is 10.6. The van der Waals surface area contributed by atoms with E-state index in [9.17, 15) is 9.59 Å². The average Bonchev–Trinajstić information content (AvgIpc) is 2.99. The van der Waals surface area contributed by atoms with Crippen LogP contribution in [0.4, 0.5) is 17.3 Å². The van der Waals surface area contributed by atoms with Gasteiger partial charge in [-0.15, -0.1) is 0 Å². The highest BCUT2D eigenvalue weighted by atomic mass is 16.2. The molecule has 0 saturated carbocycles. The van der Waals surface area contributed by atoms with Crippen molar-refractivity contribution in [3.63, 3.8) is 0 Å². The molecule has 0 aliphatic rings. The van der Waals surface area contributed by atoms with E-state index in [0.29, 0.717) is 17.3 Å². The predicted octanol–water partition coefficient (Wildman–Crippen LogP) is 3.85. The number of fused-ring (bicyclic) bond motifs is 1. The smallest absolute Gasteiger partial charge is 0.244 e. The summed E-state index contributed by atoms with van der Waals surface area (Å²) in [7, 11) is 0. The Labute approximate surface area is 164 Å². The molecule has 0 saturated heterocycles. The Kier molecular flexibility index (Phi) is 6.26. The lowest BCUT2D eigenvalue weighted by atomic mass is 10.2. The molecule has 28 heavy (non-hydrogen) atoms. The highest BCUT2D eigenvalue weighted by molar-refractivity contribution is 5.94. The number of unbranched alkanes of at least 4 members (excludes halogenated alkanes) is 1. The van der Waals surface area contributed by atoms with Gasteiger partial charge in [0, 0.05) is 24.8 Å². The van der Waals surface area contributed by atoms with Crippen molar-refractivity contribution in [2.75, 3.05) is 22.5 Å². The summed E-state index contributed by atoms with van der Waals surface area (Å²) < 4.78 is 1.89. The fraction of sp³-hybridized carbons (Fsp3) is 0.286. The van der Waals surface area contributed by atoms with E-state index < -0.39 is 0 Å². The van der Waals surface area contributed by atoms with Gasteiger partial charge in [-0.3, -0.25) is 9.59 Å². The van der Waals surface area contributed by atoms with Crippen molar-refractivity contribution >= 4 is 40.2 Å². The molecular weight excluding hydrogens is 354 g/mol. The Morgan fingerprint density at radius 2 is 1.79 bits per heavy atom. The molecule has 2 amide bonds. The molecule has 0 radical (unpaired) electrons. The van der Waals surface area contributed by atoms with Gasteiger partial charge in [-0.05, 0) is 36.8 Å². The first kappa shape index (κ1) is 19.4. The van der Waals surface area contributed by atoms with Gasteiger partial charge < -0.3 is 20.5 Å². The highest BCUT2D eigenvalue weighted by Gasteiger charge is 2.13. The minimum absolute atomic E-state index is 0.138. The third-order valence-electron chi connectivity index (χ3n) is 4.24. The van der Waals surface area contributed by atoms with Gasteiger partial charge in [-0.25, -0.2) is 4.98 Å². The highest BCUT2D eigenvalue weighted by Crippen LogP contribution is 2.20. The molecule has 2 aromatic carbocycles. The molecule has 0 atom stereocenters. The number of imidazole rings is 1. The molecule has 3 rings (SSSR count). The lowest BCUT2D eigenvalue weighted by molar-refractivity contribution is -0.116. The van der Waals surface area contributed by atoms with Gasteiger partial charge in [0.2, 0.25) is 17.8 Å². The van der Waals surface area contributed by atoms with Crippen molar-refractivity contribution in [3.8, 4) is 0 Å². The number of para-hydroxylation sites is 2. The van der Waals surface area contributed by atoms with Crippen molar-refractivity contribution in [2.24, 2.45) is 0 Å². The summed E-state index contributed by atoms with van der Waals surface area (Å²) in [6.45, 7) is 4.52. The van der Waals surface area contributed by atoms with Crippen LogP contribution in [0, 0.1) is 0 Å². The summed E-state index contributed by atoms with van der Waals surface area (Å²) in [5, 5.41) is 8.92. The number of benzene rings is 2. The van der Waals surface area contributed by atoms with Gasteiger partial charge in [0.05, 0.1) is 11.0 Å². The standard InChI is InChI=1S/C21H25N5O2/c1-3-4-12-22-21-25-18-10-5-6-11-19(18)26(21)14-20(28)24-17-9-7-8-16(13-17)23-15(2)27/h5-11,13H,3-4,12,14H2,1-2H3,(H,22,25)(H,23,27)(H,24,28). The van der Waals surface area contributed by atoms with Crippen LogP contribution in [-0.2, 0) is 16.1 Å².